The van der Waals surface area contributed by atoms with E-state index in [1.165, 1.54) is 6.92 Å². The normalized spacial score (nSPS) is 36.5. The van der Waals surface area contributed by atoms with Crippen LogP contribution in [0.3, 0.4) is 0 Å². The van der Waals surface area contributed by atoms with Gasteiger partial charge >= 0.3 is 11.9 Å². The SMILES string of the molecule is C=C1C/C(=C/C)C(=O)O[C@H]2CCN3CC=C(COC(=O)[C@]1(C)O)[C@H]23. The van der Waals surface area contributed by atoms with Gasteiger partial charge in [-0.3, -0.25) is 4.90 Å². The molecule has 3 rings (SSSR count). The van der Waals surface area contributed by atoms with Crippen molar-refractivity contribution in [2.24, 2.45) is 0 Å². The molecular weight excluding hydrogens is 310 g/mol. The fraction of sp³-hybridized carbons (Fsp3) is 0.556. The minimum absolute atomic E-state index is 0.0487. The Morgan fingerprint density at radius 1 is 1.46 bits per heavy atom. The molecule has 0 saturated carbocycles. The van der Waals surface area contributed by atoms with Crippen LogP contribution in [0.2, 0.25) is 0 Å². The highest BCUT2D eigenvalue weighted by atomic mass is 16.6. The highest BCUT2D eigenvalue weighted by molar-refractivity contribution is 5.90. The van der Waals surface area contributed by atoms with Gasteiger partial charge in [0, 0.05) is 25.1 Å². The van der Waals surface area contributed by atoms with Gasteiger partial charge in [0.1, 0.15) is 12.7 Å². The summed E-state index contributed by atoms with van der Waals surface area (Å²) in [6.07, 6.45) is 4.23. The van der Waals surface area contributed by atoms with E-state index >= 15 is 0 Å². The summed E-state index contributed by atoms with van der Waals surface area (Å²) in [5, 5.41) is 10.5. The van der Waals surface area contributed by atoms with Crippen molar-refractivity contribution in [1.82, 2.24) is 4.90 Å². The van der Waals surface area contributed by atoms with Crippen LogP contribution in [0.5, 0.6) is 0 Å². The van der Waals surface area contributed by atoms with Crippen molar-refractivity contribution in [3.63, 3.8) is 0 Å². The summed E-state index contributed by atoms with van der Waals surface area (Å²) in [7, 11) is 0. The van der Waals surface area contributed by atoms with E-state index in [2.05, 4.69) is 11.5 Å². The maximum atomic E-state index is 12.5. The second-order valence-corrected chi connectivity index (χ2v) is 6.69. The van der Waals surface area contributed by atoms with Crippen molar-refractivity contribution in [3.8, 4) is 0 Å². The van der Waals surface area contributed by atoms with Crippen molar-refractivity contribution >= 4 is 11.9 Å². The zero-order valence-corrected chi connectivity index (χ0v) is 14.1. The van der Waals surface area contributed by atoms with E-state index < -0.39 is 17.5 Å². The molecule has 0 unspecified atom stereocenters. The molecule has 0 bridgehead atoms. The number of aliphatic hydroxyl groups is 1. The summed E-state index contributed by atoms with van der Waals surface area (Å²) >= 11 is 0. The van der Waals surface area contributed by atoms with E-state index in [4.69, 9.17) is 9.47 Å². The molecule has 0 radical (unpaired) electrons. The van der Waals surface area contributed by atoms with Crippen LogP contribution in [0.1, 0.15) is 26.7 Å². The molecular formula is C18H23NO5. The summed E-state index contributed by atoms with van der Waals surface area (Å²) in [6.45, 7) is 8.53. The van der Waals surface area contributed by atoms with Gasteiger partial charge in [-0.25, -0.2) is 9.59 Å². The van der Waals surface area contributed by atoms with E-state index in [0.29, 0.717) is 5.57 Å². The second-order valence-electron chi connectivity index (χ2n) is 6.69. The van der Waals surface area contributed by atoms with Crippen LogP contribution in [0, 0.1) is 0 Å². The van der Waals surface area contributed by atoms with Gasteiger partial charge in [0.2, 0.25) is 0 Å². The molecule has 0 aromatic rings. The van der Waals surface area contributed by atoms with Crippen LogP contribution >= 0.6 is 0 Å². The standard InChI is InChI=1S/C18H23NO5/c1-4-12-9-11(2)18(3,22)17(21)23-10-13-5-7-19-8-6-14(15(13)19)24-16(12)20/h4-5,14-15,22H,2,6-10H2,1,3H3/b12-4-/t14-,15+,18+/m0/s1. The Balaban J connectivity index is 1.92. The van der Waals surface area contributed by atoms with Crippen LogP contribution < -0.4 is 0 Å². The number of rotatable bonds is 0. The molecule has 6 nitrogen and oxygen atoms in total. The number of carbonyl (C=O) groups excluding carboxylic acids is 2. The molecule has 0 aliphatic carbocycles. The third-order valence-electron chi connectivity index (χ3n) is 5.14. The Bertz CT molecular complexity index is 646. The van der Waals surface area contributed by atoms with Crippen LogP contribution in [0.25, 0.3) is 0 Å². The van der Waals surface area contributed by atoms with Crippen molar-refractivity contribution < 1.29 is 24.2 Å². The number of allylic oxidation sites excluding steroid dienone is 1. The van der Waals surface area contributed by atoms with Gasteiger partial charge in [0.05, 0.1) is 6.04 Å². The molecule has 1 N–H and O–H groups in total. The van der Waals surface area contributed by atoms with Gasteiger partial charge in [-0.2, -0.15) is 0 Å². The smallest absolute Gasteiger partial charge is 0.342 e. The zero-order valence-electron chi connectivity index (χ0n) is 14.1. The quantitative estimate of drug-likeness (QED) is 0.407. The number of carbonyl (C=O) groups is 2. The molecule has 0 aromatic heterocycles. The molecule has 2 fully saturated rings. The average molecular weight is 333 g/mol. The van der Waals surface area contributed by atoms with Gasteiger partial charge in [-0.05, 0) is 31.4 Å². The lowest BCUT2D eigenvalue weighted by molar-refractivity contribution is -0.160. The van der Waals surface area contributed by atoms with Gasteiger partial charge in [-0.15, -0.1) is 0 Å². The average Bonchev–Trinajstić information content (AvgIpc) is 3.12. The number of nitrogens with zero attached hydrogens (tertiary/aromatic N) is 1. The lowest BCUT2D eigenvalue weighted by atomic mass is 9.91. The third kappa shape index (κ3) is 2.80. The van der Waals surface area contributed by atoms with Crippen LogP contribution in [-0.2, 0) is 19.1 Å². The van der Waals surface area contributed by atoms with E-state index in [-0.39, 0.29) is 30.7 Å². The fourth-order valence-corrected chi connectivity index (χ4v) is 3.47. The zero-order chi connectivity index (χ0) is 17.5. The maximum Gasteiger partial charge on any atom is 0.342 e. The van der Waals surface area contributed by atoms with Gasteiger partial charge in [0.15, 0.2) is 5.60 Å². The summed E-state index contributed by atoms with van der Waals surface area (Å²) in [6, 6.07) is -0.0487. The van der Waals surface area contributed by atoms with E-state index in [1.54, 1.807) is 13.0 Å². The molecule has 24 heavy (non-hydrogen) atoms. The molecule has 3 aliphatic rings. The first-order chi connectivity index (χ1) is 11.3. The first kappa shape index (κ1) is 16.9. The second kappa shape index (κ2) is 6.18. The number of ether oxygens (including phenoxy) is 2. The van der Waals surface area contributed by atoms with Crippen molar-refractivity contribution in [3.05, 3.63) is 35.5 Å². The van der Waals surface area contributed by atoms with Crippen molar-refractivity contribution in [2.45, 2.75) is 44.4 Å². The Morgan fingerprint density at radius 2 is 2.21 bits per heavy atom. The van der Waals surface area contributed by atoms with E-state index in [9.17, 15) is 14.7 Å². The molecule has 3 heterocycles. The van der Waals surface area contributed by atoms with Crippen LogP contribution in [-0.4, -0.2) is 59.4 Å². The first-order valence-electron chi connectivity index (χ1n) is 8.21. The molecule has 0 amide bonds. The maximum absolute atomic E-state index is 12.5. The van der Waals surface area contributed by atoms with Crippen molar-refractivity contribution in [1.29, 1.82) is 0 Å². The lowest BCUT2D eigenvalue weighted by Gasteiger charge is -2.28. The van der Waals surface area contributed by atoms with Gasteiger partial charge in [-0.1, -0.05) is 18.7 Å². The van der Waals surface area contributed by atoms with E-state index in [0.717, 1.165) is 25.1 Å². The summed E-state index contributed by atoms with van der Waals surface area (Å²) in [5.41, 5.74) is -0.330. The van der Waals surface area contributed by atoms with E-state index in [1.807, 2.05) is 6.08 Å². The van der Waals surface area contributed by atoms with Crippen LogP contribution in [0.15, 0.2) is 35.5 Å². The molecule has 2 saturated heterocycles. The minimum atomic E-state index is -1.85. The molecule has 0 aromatic carbocycles. The number of hydrogen-bond acceptors (Lipinski definition) is 6. The highest BCUT2D eigenvalue weighted by Gasteiger charge is 2.44. The third-order valence-corrected chi connectivity index (χ3v) is 5.14. The molecule has 0 spiro atoms. The summed E-state index contributed by atoms with van der Waals surface area (Å²) in [4.78, 5) is 27.0. The van der Waals surface area contributed by atoms with Gasteiger partial charge < -0.3 is 14.6 Å². The van der Waals surface area contributed by atoms with Gasteiger partial charge in [0.25, 0.3) is 0 Å². The monoisotopic (exact) mass is 333 g/mol. The Kier molecular flexibility index (Phi) is 4.36. The predicted octanol–water partition coefficient (Wildman–Crippen LogP) is 1.11. The molecule has 3 aliphatic heterocycles. The topological polar surface area (TPSA) is 76.1 Å². The number of esters is 2. The summed E-state index contributed by atoms with van der Waals surface area (Å²) in [5.74, 6) is -1.16. The summed E-state index contributed by atoms with van der Waals surface area (Å²) < 4.78 is 11.1. The minimum Gasteiger partial charge on any atom is -0.459 e. The Labute approximate surface area is 141 Å². The fourth-order valence-electron chi connectivity index (χ4n) is 3.47. The molecule has 6 heteroatoms. The Morgan fingerprint density at radius 3 is 2.92 bits per heavy atom. The Hall–Kier alpha value is -1.92. The molecule has 3 atom stereocenters. The highest BCUT2D eigenvalue weighted by Crippen LogP contribution is 2.33. The molecule has 130 valence electrons. The van der Waals surface area contributed by atoms with Crippen LogP contribution in [0.4, 0.5) is 0 Å². The first-order valence-corrected chi connectivity index (χ1v) is 8.21. The lowest BCUT2D eigenvalue weighted by Crippen LogP contribution is -2.42. The number of cyclic esters (lactones) is 1. The predicted molar refractivity (Wildman–Crippen MR) is 87.0 cm³/mol. The largest absolute Gasteiger partial charge is 0.459 e. The van der Waals surface area contributed by atoms with Crippen molar-refractivity contribution in [2.75, 3.05) is 19.7 Å². The number of hydrogen-bond donors (Lipinski definition) is 1.